The molecular formula is C14H15NO2. The number of nitrogens with two attached hydrogens (primary N) is 1. The number of ether oxygens (including phenoxy) is 1. The van der Waals surface area contributed by atoms with Crippen molar-refractivity contribution >= 4 is 11.7 Å². The van der Waals surface area contributed by atoms with Crippen LogP contribution in [0.1, 0.15) is 47.5 Å². The van der Waals surface area contributed by atoms with Gasteiger partial charge in [0.25, 0.3) is 0 Å². The molecule has 0 saturated heterocycles. The summed E-state index contributed by atoms with van der Waals surface area (Å²) in [4.78, 5) is 11.5. The first kappa shape index (κ1) is 11.5. The molecule has 1 aromatic rings. The van der Waals surface area contributed by atoms with Crippen molar-refractivity contribution in [3.63, 3.8) is 0 Å². The number of benzene rings is 1. The molecule has 2 rings (SSSR count). The largest absolute Gasteiger partial charge is 0.398 e. The van der Waals surface area contributed by atoms with Gasteiger partial charge in [-0.1, -0.05) is 19.3 Å². The highest BCUT2D eigenvalue weighted by Crippen LogP contribution is 2.37. The van der Waals surface area contributed by atoms with Crippen LogP contribution in [0.5, 0.6) is 0 Å². The van der Waals surface area contributed by atoms with Gasteiger partial charge in [-0.3, -0.25) is 0 Å². The van der Waals surface area contributed by atoms with Gasteiger partial charge in [0.2, 0.25) is 0 Å². The molecule has 0 radical (unpaired) electrons. The molecule has 0 atom stereocenters. The highest BCUT2D eigenvalue weighted by atomic mass is 16.5. The van der Waals surface area contributed by atoms with Crippen LogP contribution in [0.2, 0.25) is 0 Å². The zero-order chi connectivity index (χ0) is 12.3. The summed E-state index contributed by atoms with van der Waals surface area (Å²) < 4.78 is 4.53. The molecule has 1 aliphatic carbocycles. The molecule has 88 valence electrons. The van der Waals surface area contributed by atoms with Crippen LogP contribution in [-0.4, -0.2) is 5.97 Å². The van der Waals surface area contributed by atoms with Gasteiger partial charge < -0.3 is 10.5 Å². The minimum Gasteiger partial charge on any atom is -0.398 e. The van der Waals surface area contributed by atoms with Crippen molar-refractivity contribution in [2.75, 3.05) is 5.73 Å². The Labute approximate surface area is 101 Å². The maximum Gasteiger partial charge on any atom is 0.352 e. The van der Waals surface area contributed by atoms with Gasteiger partial charge in [-0.05, 0) is 42.5 Å². The summed E-state index contributed by atoms with van der Waals surface area (Å²) in [7, 11) is 0. The van der Waals surface area contributed by atoms with Crippen molar-refractivity contribution in [3.8, 4) is 12.5 Å². The van der Waals surface area contributed by atoms with Crippen LogP contribution >= 0.6 is 0 Å². The van der Waals surface area contributed by atoms with E-state index in [4.69, 9.17) is 12.2 Å². The Morgan fingerprint density at radius 2 is 2.12 bits per heavy atom. The number of carbonyl (C=O) groups is 1. The fourth-order valence-corrected chi connectivity index (χ4v) is 2.40. The maximum absolute atomic E-state index is 11.5. The zero-order valence-electron chi connectivity index (χ0n) is 9.61. The predicted octanol–water partition coefficient (Wildman–Crippen LogP) is 2.67. The average molecular weight is 229 g/mol. The van der Waals surface area contributed by atoms with E-state index in [2.05, 4.69) is 4.74 Å². The van der Waals surface area contributed by atoms with Crippen molar-refractivity contribution in [1.82, 2.24) is 0 Å². The lowest BCUT2D eigenvalue weighted by molar-refractivity contribution is 0.0691. The average Bonchev–Trinajstić information content (AvgIpc) is 2.83. The number of carbonyl (C=O) groups excluding carboxylic acids is 1. The number of nitrogen functional groups attached to an aromatic ring is 1. The molecule has 0 heterocycles. The quantitative estimate of drug-likeness (QED) is 0.482. The van der Waals surface area contributed by atoms with Gasteiger partial charge in [-0.2, -0.15) is 0 Å². The van der Waals surface area contributed by atoms with E-state index in [9.17, 15) is 4.79 Å². The minimum atomic E-state index is -0.494. The Morgan fingerprint density at radius 3 is 2.76 bits per heavy atom. The smallest absolute Gasteiger partial charge is 0.352 e. The second kappa shape index (κ2) is 4.92. The van der Waals surface area contributed by atoms with E-state index < -0.39 is 5.97 Å². The number of anilines is 1. The number of rotatable bonds is 2. The van der Waals surface area contributed by atoms with Crippen molar-refractivity contribution in [2.45, 2.75) is 31.6 Å². The Balaban J connectivity index is 2.29. The highest BCUT2D eigenvalue weighted by Gasteiger charge is 2.20. The van der Waals surface area contributed by atoms with Crippen molar-refractivity contribution < 1.29 is 9.53 Å². The Morgan fingerprint density at radius 1 is 1.41 bits per heavy atom. The third kappa shape index (κ3) is 2.42. The van der Waals surface area contributed by atoms with Crippen LogP contribution in [0.15, 0.2) is 18.2 Å². The highest BCUT2D eigenvalue weighted by molar-refractivity contribution is 5.91. The minimum absolute atomic E-state index is 0.466. The first-order valence-corrected chi connectivity index (χ1v) is 5.78. The van der Waals surface area contributed by atoms with Crippen molar-refractivity contribution in [3.05, 3.63) is 29.3 Å². The summed E-state index contributed by atoms with van der Waals surface area (Å²) in [6.45, 7) is 0. The van der Waals surface area contributed by atoms with E-state index in [-0.39, 0.29) is 0 Å². The van der Waals surface area contributed by atoms with E-state index in [0.29, 0.717) is 11.5 Å². The molecule has 1 aromatic carbocycles. The molecule has 0 unspecified atom stereocenters. The molecule has 3 heteroatoms. The van der Waals surface area contributed by atoms with Gasteiger partial charge in [-0.25, -0.2) is 4.79 Å². The van der Waals surface area contributed by atoms with Crippen molar-refractivity contribution in [2.24, 2.45) is 0 Å². The van der Waals surface area contributed by atoms with Crippen LogP contribution in [0, 0.1) is 12.5 Å². The van der Waals surface area contributed by atoms with E-state index >= 15 is 0 Å². The summed E-state index contributed by atoms with van der Waals surface area (Å²) in [5, 5.41) is 0. The lowest BCUT2D eigenvalue weighted by Gasteiger charge is -2.13. The monoisotopic (exact) mass is 229 g/mol. The molecule has 0 aromatic heterocycles. The molecule has 0 spiro atoms. The first-order valence-electron chi connectivity index (χ1n) is 5.78. The lowest BCUT2D eigenvalue weighted by Crippen LogP contribution is -2.05. The SMILES string of the molecule is C#COC(=O)c1ccc(N)c(C2CCCC2)c1. The second-order valence-corrected chi connectivity index (χ2v) is 4.33. The van der Waals surface area contributed by atoms with Crippen molar-refractivity contribution in [1.29, 1.82) is 0 Å². The Bertz CT molecular complexity index is 468. The summed E-state index contributed by atoms with van der Waals surface area (Å²) in [5.74, 6) is -0.0275. The number of hydrogen-bond acceptors (Lipinski definition) is 3. The molecule has 17 heavy (non-hydrogen) atoms. The fourth-order valence-electron chi connectivity index (χ4n) is 2.40. The van der Waals surface area contributed by atoms with Gasteiger partial charge >= 0.3 is 5.97 Å². The maximum atomic E-state index is 11.5. The van der Waals surface area contributed by atoms with Gasteiger partial charge in [0.1, 0.15) is 6.11 Å². The number of hydrogen-bond donors (Lipinski definition) is 1. The van der Waals surface area contributed by atoms with Gasteiger partial charge in [-0.15, -0.1) is 0 Å². The van der Waals surface area contributed by atoms with Gasteiger partial charge in [0, 0.05) is 5.69 Å². The van der Waals surface area contributed by atoms with Crippen LogP contribution in [-0.2, 0) is 4.74 Å². The second-order valence-electron chi connectivity index (χ2n) is 4.33. The van der Waals surface area contributed by atoms with E-state index in [1.807, 2.05) is 12.2 Å². The number of esters is 1. The Hall–Kier alpha value is -1.95. The predicted molar refractivity (Wildman–Crippen MR) is 66.3 cm³/mol. The summed E-state index contributed by atoms with van der Waals surface area (Å²) in [5.41, 5.74) is 8.22. The molecule has 2 N–H and O–H groups in total. The first-order chi connectivity index (χ1) is 8.22. The molecule has 3 nitrogen and oxygen atoms in total. The topological polar surface area (TPSA) is 52.3 Å². The third-order valence-electron chi connectivity index (χ3n) is 3.27. The standard InChI is InChI=1S/C14H15NO2/c1-2-17-14(16)11-7-8-13(15)12(9-11)10-5-3-4-6-10/h1,7-10H,3-6,15H2. The van der Waals surface area contributed by atoms with E-state index in [1.165, 1.54) is 12.8 Å². The Kier molecular flexibility index (Phi) is 3.34. The van der Waals surface area contributed by atoms with E-state index in [1.54, 1.807) is 12.1 Å². The molecule has 1 aliphatic rings. The van der Waals surface area contributed by atoms with Crippen LogP contribution < -0.4 is 5.73 Å². The molecule has 1 saturated carbocycles. The third-order valence-corrected chi connectivity index (χ3v) is 3.27. The molecule has 0 bridgehead atoms. The molecule has 1 fully saturated rings. The zero-order valence-corrected chi connectivity index (χ0v) is 9.61. The van der Waals surface area contributed by atoms with E-state index in [0.717, 1.165) is 24.1 Å². The number of terminal acetylenes is 1. The summed E-state index contributed by atoms with van der Waals surface area (Å²) in [6.07, 6.45) is 11.6. The molecule has 0 aliphatic heterocycles. The lowest BCUT2D eigenvalue weighted by atomic mass is 9.94. The summed E-state index contributed by atoms with van der Waals surface area (Å²) >= 11 is 0. The molecule has 0 amide bonds. The summed E-state index contributed by atoms with van der Waals surface area (Å²) in [6, 6.07) is 5.21. The molecular weight excluding hydrogens is 214 g/mol. The van der Waals surface area contributed by atoms with Crippen LogP contribution in [0.4, 0.5) is 5.69 Å². The van der Waals surface area contributed by atoms with Gasteiger partial charge in [0.15, 0.2) is 0 Å². The van der Waals surface area contributed by atoms with Crippen LogP contribution in [0.3, 0.4) is 0 Å². The fraction of sp³-hybridized carbons (Fsp3) is 0.357. The normalized spacial score (nSPS) is 15.5. The van der Waals surface area contributed by atoms with Crippen LogP contribution in [0.25, 0.3) is 0 Å². The van der Waals surface area contributed by atoms with Gasteiger partial charge in [0.05, 0.1) is 5.56 Å².